The van der Waals surface area contributed by atoms with Gasteiger partial charge in [0.25, 0.3) is 11.8 Å². The fourth-order valence-electron chi connectivity index (χ4n) is 4.45. The summed E-state index contributed by atoms with van der Waals surface area (Å²) < 4.78 is 11.2. The van der Waals surface area contributed by atoms with E-state index in [0.29, 0.717) is 47.9 Å². The summed E-state index contributed by atoms with van der Waals surface area (Å²) in [6.07, 6.45) is 2.41. The van der Waals surface area contributed by atoms with Gasteiger partial charge in [0, 0.05) is 48.3 Å². The van der Waals surface area contributed by atoms with Crippen LogP contribution in [-0.4, -0.2) is 45.6 Å². The highest BCUT2D eigenvalue weighted by Crippen LogP contribution is 2.34. The molecule has 0 spiro atoms. The second-order valence-corrected chi connectivity index (χ2v) is 9.10. The summed E-state index contributed by atoms with van der Waals surface area (Å²) >= 11 is 5.93. The molecule has 2 aromatic carbocycles. The Bertz CT molecular complexity index is 1280. The standard InChI is InChI=1S/C27H25ClN4O3/c1-18-30-26(35-31-18)20-7-9-21(10-8-20)27(33)32-14-13-22(17-34-25-12-11-23(28)15-29-25)24(16-32)19-5-3-2-4-6-19/h2-12,15,22,24H,13-14,16-17H2,1H3/t22-,24-/m0/s1. The monoisotopic (exact) mass is 488 g/mol. The SMILES string of the molecule is Cc1noc(-c2ccc(C(=O)N3CC[C@@H](COc4ccc(Cl)cn4)[C@H](c4ccccc4)C3)cc2)n1. The van der Waals surface area contributed by atoms with Crippen LogP contribution in [0.5, 0.6) is 5.88 Å². The number of piperidine rings is 1. The zero-order valence-electron chi connectivity index (χ0n) is 19.3. The molecule has 0 unspecified atom stereocenters. The Kier molecular flexibility index (Phi) is 6.77. The smallest absolute Gasteiger partial charge is 0.257 e. The van der Waals surface area contributed by atoms with Gasteiger partial charge in [0.15, 0.2) is 5.82 Å². The molecule has 0 bridgehead atoms. The fourth-order valence-corrected chi connectivity index (χ4v) is 4.57. The predicted molar refractivity (Wildman–Crippen MR) is 132 cm³/mol. The van der Waals surface area contributed by atoms with E-state index in [1.807, 2.05) is 47.4 Å². The Balaban J connectivity index is 1.30. The number of carbonyl (C=O) groups excluding carboxylic acids is 1. The maximum Gasteiger partial charge on any atom is 0.257 e. The molecule has 1 aliphatic rings. The normalized spacial score (nSPS) is 17.8. The average Bonchev–Trinajstić information content (AvgIpc) is 3.35. The van der Waals surface area contributed by atoms with Crippen molar-refractivity contribution in [2.24, 2.45) is 5.92 Å². The third-order valence-corrected chi connectivity index (χ3v) is 6.55. The molecular weight excluding hydrogens is 464 g/mol. The van der Waals surface area contributed by atoms with Gasteiger partial charge in [-0.1, -0.05) is 47.1 Å². The molecule has 4 aromatic rings. The minimum absolute atomic E-state index is 0.0120. The van der Waals surface area contributed by atoms with Gasteiger partial charge >= 0.3 is 0 Å². The Morgan fingerprint density at radius 2 is 1.91 bits per heavy atom. The lowest BCUT2D eigenvalue weighted by atomic mass is 9.81. The quantitative estimate of drug-likeness (QED) is 0.360. The number of likely N-dealkylation sites (tertiary alicyclic amines) is 1. The van der Waals surface area contributed by atoms with Gasteiger partial charge in [-0.05, 0) is 49.2 Å². The number of aromatic nitrogens is 3. The molecule has 0 N–H and O–H groups in total. The molecule has 2 aromatic heterocycles. The Labute approximate surface area is 208 Å². The van der Waals surface area contributed by atoms with Crippen LogP contribution in [-0.2, 0) is 0 Å². The van der Waals surface area contributed by atoms with Crippen LogP contribution in [0.2, 0.25) is 5.02 Å². The number of benzene rings is 2. The van der Waals surface area contributed by atoms with Crippen LogP contribution in [0, 0.1) is 12.8 Å². The van der Waals surface area contributed by atoms with Gasteiger partial charge in [-0.3, -0.25) is 4.79 Å². The third kappa shape index (κ3) is 5.35. The van der Waals surface area contributed by atoms with E-state index in [-0.39, 0.29) is 17.7 Å². The zero-order valence-corrected chi connectivity index (χ0v) is 20.1. The van der Waals surface area contributed by atoms with Crippen molar-refractivity contribution in [3.05, 3.63) is 94.9 Å². The molecule has 3 heterocycles. The van der Waals surface area contributed by atoms with E-state index in [9.17, 15) is 4.79 Å². The van der Waals surface area contributed by atoms with E-state index in [1.165, 1.54) is 5.56 Å². The van der Waals surface area contributed by atoms with Crippen LogP contribution in [0.1, 0.15) is 34.1 Å². The maximum atomic E-state index is 13.4. The van der Waals surface area contributed by atoms with Gasteiger partial charge in [0.05, 0.1) is 11.6 Å². The van der Waals surface area contributed by atoms with E-state index in [2.05, 4.69) is 27.3 Å². The topological polar surface area (TPSA) is 81.4 Å². The summed E-state index contributed by atoms with van der Waals surface area (Å²) in [5.74, 6) is 1.99. The largest absolute Gasteiger partial charge is 0.477 e. The first kappa shape index (κ1) is 23.1. The van der Waals surface area contributed by atoms with Crippen molar-refractivity contribution in [3.8, 4) is 17.3 Å². The van der Waals surface area contributed by atoms with E-state index in [1.54, 1.807) is 25.3 Å². The second kappa shape index (κ2) is 10.3. The lowest BCUT2D eigenvalue weighted by Crippen LogP contribution is -2.44. The lowest BCUT2D eigenvalue weighted by Gasteiger charge is -2.38. The van der Waals surface area contributed by atoms with Gasteiger partial charge in [0.2, 0.25) is 5.88 Å². The van der Waals surface area contributed by atoms with E-state index >= 15 is 0 Å². The predicted octanol–water partition coefficient (Wildman–Crippen LogP) is 5.42. The number of hydrogen-bond donors (Lipinski definition) is 0. The summed E-state index contributed by atoms with van der Waals surface area (Å²) in [7, 11) is 0. The van der Waals surface area contributed by atoms with Gasteiger partial charge in [0.1, 0.15) is 0 Å². The van der Waals surface area contributed by atoms with Gasteiger partial charge in [-0.25, -0.2) is 4.98 Å². The number of amides is 1. The molecule has 7 nitrogen and oxygen atoms in total. The van der Waals surface area contributed by atoms with Crippen LogP contribution >= 0.6 is 11.6 Å². The van der Waals surface area contributed by atoms with Crippen molar-refractivity contribution in [1.82, 2.24) is 20.0 Å². The van der Waals surface area contributed by atoms with Crippen LogP contribution in [0.3, 0.4) is 0 Å². The number of ether oxygens (including phenoxy) is 1. The first-order valence-electron chi connectivity index (χ1n) is 11.6. The molecule has 1 fully saturated rings. The van der Waals surface area contributed by atoms with Crippen LogP contribution in [0.4, 0.5) is 0 Å². The number of halogens is 1. The molecule has 2 atom stereocenters. The number of hydrogen-bond acceptors (Lipinski definition) is 6. The first-order valence-corrected chi connectivity index (χ1v) is 11.9. The van der Waals surface area contributed by atoms with Crippen molar-refractivity contribution >= 4 is 17.5 Å². The summed E-state index contributed by atoms with van der Waals surface area (Å²) in [6.45, 7) is 3.58. The maximum absolute atomic E-state index is 13.4. The summed E-state index contributed by atoms with van der Waals surface area (Å²) in [5.41, 5.74) is 2.62. The number of carbonyl (C=O) groups is 1. The minimum Gasteiger partial charge on any atom is -0.477 e. The van der Waals surface area contributed by atoms with Gasteiger partial charge in [-0.2, -0.15) is 4.98 Å². The van der Waals surface area contributed by atoms with Crippen molar-refractivity contribution < 1.29 is 14.1 Å². The van der Waals surface area contributed by atoms with Crippen molar-refractivity contribution in [3.63, 3.8) is 0 Å². The molecule has 5 rings (SSSR count). The Morgan fingerprint density at radius 3 is 2.60 bits per heavy atom. The summed E-state index contributed by atoms with van der Waals surface area (Å²) in [6, 6.07) is 21.2. The molecule has 178 valence electrons. The second-order valence-electron chi connectivity index (χ2n) is 8.67. The fraction of sp³-hybridized carbons (Fsp3) is 0.259. The Morgan fingerprint density at radius 1 is 1.11 bits per heavy atom. The van der Waals surface area contributed by atoms with Crippen molar-refractivity contribution in [2.45, 2.75) is 19.3 Å². The molecule has 0 aliphatic carbocycles. The van der Waals surface area contributed by atoms with Crippen molar-refractivity contribution in [1.29, 1.82) is 0 Å². The number of pyridine rings is 1. The summed E-state index contributed by atoms with van der Waals surface area (Å²) in [4.78, 5) is 23.8. The molecule has 8 heteroatoms. The van der Waals surface area contributed by atoms with Crippen LogP contribution in [0.25, 0.3) is 11.5 Å². The zero-order chi connectivity index (χ0) is 24.2. The molecule has 1 saturated heterocycles. The minimum atomic E-state index is 0.0120. The average molecular weight is 489 g/mol. The lowest BCUT2D eigenvalue weighted by molar-refractivity contribution is 0.0615. The van der Waals surface area contributed by atoms with Crippen molar-refractivity contribution in [2.75, 3.05) is 19.7 Å². The van der Waals surface area contributed by atoms with Gasteiger partial charge < -0.3 is 14.2 Å². The molecule has 1 amide bonds. The molecule has 0 radical (unpaired) electrons. The first-order chi connectivity index (χ1) is 17.1. The molecule has 0 saturated carbocycles. The van der Waals surface area contributed by atoms with Gasteiger partial charge in [-0.15, -0.1) is 0 Å². The van der Waals surface area contributed by atoms with E-state index in [4.69, 9.17) is 20.9 Å². The van der Waals surface area contributed by atoms with Crippen LogP contribution in [0.15, 0.2) is 77.4 Å². The molecule has 35 heavy (non-hydrogen) atoms. The summed E-state index contributed by atoms with van der Waals surface area (Å²) in [5, 5.41) is 4.40. The number of aryl methyl sites for hydroxylation is 1. The third-order valence-electron chi connectivity index (χ3n) is 6.32. The van der Waals surface area contributed by atoms with Crippen LogP contribution < -0.4 is 4.74 Å². The molecule has 1 aliphatic heterocycles. The highest BCUT2D eigenvalue weighted by Gasteiger charge is 2.33. The number of rotatable bonds is 6. The van der Waals surface area contributed by atoms with E-state index in [0.717, 1.165) is 12.0 Å². The number of nitrogens with zero attached hydrogens (tertiary/aromatic N) is 4. The van der Waals surface area contributed by atoms with E-state index < -0.39 is 0 Å². The highest BCUT2D eigenvalue weighted by molar-refractivity contribution is 6.30. The molecular formula is C27H25ClN4O3. The highest BCUT2D eigenvalue weighted by atomic mass is 35.5. The Hall–Kier alpha value is -3.71.